The molecular weight excluding hydrogens is 206 g/mol. The van der Waals surface area contributed by atoms with Crippen LogP contribution in [0.3, 0.4) is 0 Å². The van der Waals surface area contributed by atoms with E-state index >= 15 is 0 Å². The Balaban J connectivity index is 2.02. The van der Waals surface area contributed by atoms with E-state index in [0.29, 0.717) is 12.3 Å². The quantitative estimate of drug-likeness (QED) is 0.732. The molecule has 0 fully saturated rings. The molecule has 84 valence electrons. The van der Waals surface area contributed by atoms with E-state index in [1.54, 1.807) is 24.5 Å². The number of aromatic hydroxyl groups is 1. The lowest BCUT2D eigenvalue weighted by Gasteiger charge is -2.07. The number of hydrogen-bond acceptors (Lipinski definition) is 4. The summed E-state index contributed by atoms with van der Waals surface area (Å²) in [4.78, 5) is 7.07. The zero-order chi connectivity index (χ0) is 11.4. The summed E-state index contributed by atoms with van der Waals surface area (Å²) in [6.07, 6.45) is 3.46. The number of aromatic amines is 1. The molecule has 1 aromatic carbocycles. The number of phenolic OH excluding ortho intramolecular Hbond substituents is 1. The smallest absolute Gasteiger partial charge is 0.160 e. The van der Waals surface area contributed by atoms with E-state index in [-0.39, 0.29) is 5.75 Å². The monoisotopic (exact) mass is 219 g/mol. The summed E-state index contributed by atoms with van der Waals surface area (Å²) in [5.74, 6) is 1.42. The molecule has 0 unspecified atom stereocenters. The van der Waals surface area contributed by atoms with Gasteiger partial charge in [-0.3, -0.25) is 0 Å². The number of rotatable bonds is 4. The molecule has 0 saturated carbocycles. The number of nitrogens with one attached hydrogen (secondary N) is 2. The van der Waals surface area contributed by atoms with Gasteiger partial charge >= 0.3 is 0 Å². The Morgan fingerprint density at radius 2 is 2.38 bits per heavy atom. The van der Waals surface area contributed by atoms with Crippen LogP contribution >= 0.6 is 0 Å². The van der Waals surface area contributed by atoms with Crippen molar-refractivity contribution in [2.75, 3.05) is 12.4 Å². The standard InChI is InChI=1S/C11H13N3O2/c1-16-10-3-2-8(6-9(10)15)14-7-11-12-4-5-13-11/h2-6,14-15H,7H2,1H3,(H,12,13). The molecule has 0 radical (unpaired) electrons. The lowest BCUT2D eigenvalue weighted by molar-refractivity contribution is 0.373. The molecule has 5 nitrogen and oxygen atoms in total. The maximum Gasteiger partial charge on any atom is 0.160 e. The van der Waals surface area contributed by atoms with E-state index in [2.05, 4.69) is 15.3 Å². The van der Waals surface area contributed by atoms with Crippen molar-refractivity contribution in [2.45, 2.75) is 6.54 Å². The third kappa shape index (κ3) is 2.25. The molecule has 0 aliphatic carbocycles. The highest BCUT2D eigenvalue weighted by molar-refractivity contribution is 5.54. The van der Waals surface area contributed by atoms with Gasteiger partial charge in [0.1, 0.15) is 5.82 Å². The van der Waals surface area contributed by atoms with Crippen molar-refractivity contribution >= 4 is 5.69 Å². The Kier molecular flexibility index (Phi) is 2.95. The van der Waals surface area contributed by atoms with Gasteiger partial charge in [-0.25, -0.2) is 4.98 Å². The minimum absolute atomic E-state index is 0.118. The van der Waals surface area contributed by atoms with E-state index < -0.39 is 0 Å². The van der Waals surface area contributed by atoms with E-state index in [0.717, 1.165) is 11.5 Å². The van der Waals surface area contributed by atoms with Crippen LogP contribution in [0.25, 0.3) is 0 Å². The molecule has 2 rings (SSSR count). The second-order valence-corrected chi connectivity index (χ2v) is 3.28. The number of H-pyrrole nitrogens is 1. The molecule has 1 aromatic heterocycles. The lowest BCUT2D eigenvalue weighted by Crippen LogP contribution is -2.00. The van der Waals surface area contributed by atoms with Gasteiger partial charge in [0.2, 0.25) is 0 Å². The summed E-state index contributed by atoms with van der Waals surface area (Å²) in [6.45, 7) is 0.582. The first-order valence-corrected chi connectivity index (χ1v) is 4.88. The fourth-order valence-electron chi connectivity index (χ4n) is 1.38. The van der Waals surface area contributed by atoms with Crippen LogP contribution in [0.15, 0.2) is 30.6 Å². The highest BCUT2D eigenvalue weighted by Gasteiger charge is 2.02. The van der Waals surface area contributed by atoms with Crippen molar-refractivity contribution in [3.63, 3.8) is 0 Å². The first kappa shape index (κ1) is 10.4. The highest BCUT2D eigenvalue weighted by Crippen LogP contribution is 2.28. The number of imidazole rings is 1. The van der Waals surface area contributed by atoms with Crippen molar-refractivity contribution in [2.24, 2.45) is 0 Å². The Labute approximate surface area is 93.1 Å². The molecule has 0 atom stereocenters. The maximum absolute atomic E-state index is 9.56. The summed E-state index contributed by atoms with van der Waals surface area (Å²) in [6, 6.07) is 5.16. The second kappa shape index (κ2) is 4.57. The molecule has 5 heteroatoms. The van der Waals surface area contributed by atoms with E-state index in [4.69, 9.17) is 4.74 Å². The van der Waals surface area contributed by atoms with E-state index in [9.17, 15) is 5.11 Å². The summed E-state index contributed by atoms with van der Waals surface area (Å²) >= 11 is 0. The molecule has 1 heterocycles. The third-order valence-corrected chi connectivity index (χ3v) is 2.19. The SMILES string of the molecule is COc1ccc(NCc2ncc[nH]2)cc1O. The van der Waals surface area contributed by atoms with Gasteiger partial charge in [0.25, 0.3) is 0 Å². The van der Waals surface area contributed by atoms with Gasteiger partial charge in [0.05, 0.1) is 13.7 Å². The second-order valence-electron chi connectivity index (χ2n) is 3.28. The van der Waals surface area contributed by atoms with Crippen molar-refractivity contribution < 1.29 is 9.84 Å². The molecule has 0 aliphatic heterocycles. The van der Waals surface area contributed by atoms with Crippen LogP contribution in [0.1, 0.15) is 5.82 Å². The number of anilines is 1. The number of phenols is 1. The van der Waals surface area contributed by atoms with Crippen LogP contribution in [0.5, 0.6) is 11.5 Å². The Hall–Kier alpha value is -2.17. The zero-order valence-corrected chi connectivity index (χ0v) is 8.90. The predicted molar refractivity (Wildman–Crippen MR) is 60.6 cm³/mol. The zero-order valence-electron chi connectivity index (χ0n) is 8.90. The fraction of sp³-hybridized carbons (Fsp3) is 0.182. The average molecular weight is 219 g/mol. The van der Waals surface area contributed by atoms with Crippen LogP contribution in [0, 0.1) is 0 Å². The molecule has 0 amide bonds. The Morgan fingerprint density at radius 3 is 3.00 bits per heavy atom. The fourth-order valence-corrected chi connectivity index (χ4v) is 1.38. The van der Waals surface area contributed by atoms with E-state index in [1.165, 1.54) is 7.11 Å². The van der Waals surface area contributed by atoms with Crippen LogP contribution < -0.4 is 10.1 Å². The van der Waals surface area contributed by atoms with Gasteiger partial charge in [0.15, 0.2) is 11.5 Å². The topological polar surface area (TPSA) is 70.2 Å². The van der Waals surface area contributed by atoms with E-state index in [1.807, 2.05) is 6.07 Å². The van der Waals surface area contributed by atoms with Gasteiger partial charge in [-0.1, -0.05) is 0 Å². The predicted octanol–water partition coefficient (Wildman–Crippen LogP) is 1.74. The molecule has 0 bridgehead atoms. The Morgan fingerprint density at radius 1 is 1.50 bits per heavy atom. The first-order chi connectivity index (χ1) is 7.79. The summed E-state index contributed by atoms with van der Waals surface area (Å²) in [5.41, 5.74) is 0.815. The number of nitrogens with zero attached hydrogens (tertiary/aromatic N) is 1. The Bertz CT molecular complexity index is 454. The van der Waals surface area contributed by atoms with Crippen molar-refractivity contribution in [3.05, 3.63) is 36.4 Å². The van der Waals surface area contributed by atoms with Gasteiger partial charge in [-0.2, -0.15) is 0 Å². The molecule has 0 aliphatic rings. The third-order valence-electron chi connectivity index (χ3n) is 2.19. The molecule has 0 spiro atoms. The summed E-state index contributed by atoms with van der Waals surface area (Å²) in [5, 5.41) is 12.7. The molecular formula is C11H13N3O2. The minimum atomic E-state index is 0.118. The number of aromatic nitrogens is 2. The first-order valence-electron chi connectivity index (χ1n) is 4.88. The summed E-state index contributed by atoms with van der Waals surface area (Å²) < 4.78 is 4.95. The van der Waals surface area contributed by atoms with Crippen molar-refractivity contribution in [3.8, 4) is 11.5 Å². The molecule has 3 N–H and O–H groups in total. The largest absolute Gasteiger partial charge is 0.504 e. The number of ether oxygens (including phenoxy) is 1. The summed E-state index contributed by atoms with van der Waals surface area (Å²) in [7, 11) is 1.52. The van der Waals surface area contributed by atoms with Crippen LogP contribution in [-0.2, 0) is 6.54 Å². The van der Waals surface area contributed by atoms with Crippen molar-refractivity contribution in [1.29, 1.82) is 0 Å². The molecule has 2 aromatic rings. The van der Waals surface area contributed by atoms with Crippen molar-refractivity contribution in [1.82, 2.24) is 9.97 Å². The van der Waals surface area contributed by atoms with Gasteiger partial charge < -0.3 is 20.1 Å². The number of hydrogen-bond donors (Lipinski definition) is 3. The molecule has 16 heavy (non-hydrogen) atoms. The van der Waals surface area contributed by atoms with Crippen LogP contribution in [0.2, 0.25) is 0 Å². The van der Waals surface area contributed by atoms with Crippen LogP contribution in [0.4, 0.5) is 5.69 Å². The highest BCUT2D eigenvalue weighted by atomic mass is 16.5. The number of benzene rings is 1. The van der Waals surface area contributed by atoms with Gasteiger partial charge in [-0.15, -0.1) is 0 Å². The maximum atomic E-state index is 9.56. The van der Waals surface area contributed by atoms with Gasteiger partial charge in [0, 0.05) is 24.1 Å². The van der Waals surface area contributed by atoms with Crippen LogP contribution in [-0.4, -0.2) is 22.2 Å². The van der Waals surface area contributed by atoms with Gasteiger partial charge in [-0.05, 0) is 12.1 Å². The lowest BCUT2D eigenvalue weighted by atomic mass is 10.2. The molecule has 0 saturated heterocycles. The average Bonchev–Trinajstić information content (AvgIpc) is 2.79. The normalized spacial score (nSPS) is 10.1. The minimum Gasteiger partial charge on any atom is -0.504 e. The number of methoxy groups -OCH3 is 1.